The Morgan fingerprint density at radius 1 is 1.00 bits per heavy atom. The average Bonchev–Trinajstić information content (AvgIpc) is 2.19. The molecule has 0 N–H and O–H groups in total. The molecule has 0 aromatic heterocycles. The Balaban J connectivity index is 3.37. The van der Waals surface area contributed by atoms with E-state index in [4.69, 9.17) is 21.1 Å². The molecule has 0 aliphatic carbocycles. The third-order valence-corrected chi connectivity index (χ3v) is 2.77. The van der Waals surface area contributed by atoms with E-state index < -0.39 is 0 Å². The molecule has 0 rings (SSSR count). The maximum absolute atomic E-state index is 6.11. The number of alkyl halides is 1. The number of hydrogen-bond acceptors (Lipinski definition) is 2. The molecule has 0 amide bonds. The van der Waals surface area contributed by atoms with Gasteiger partial charge in [0, 0.05) is 14.2 Å². The van der Waals surface area contributed by atoms with Gasteiger partial charge in [-0.05, 0) is 6.42 Å². The van der Waals surface area contributed by atoms with Crippen LogP contribution in [0.3, 0.4) is 0 Å². The summed E-state index contributed by atoms with van der Waals surface area (Å²) in [6, 6.07) is 0. The van der Waals surface area contributed by atoms with Crippen LogP contribution in [0.1, 0.15) is 45.4 Å². The van der Waals surface area contributed by atoms with Crippen molar-refractivity contribution in [1.29, 1.82) is 0 Å². The highest BCUT2D eigenvalue weighted by Crippen LogP contribution is 2.16. The summed E-state index contributed by atoms with van der Waals surface area (Å²) >= 11 is 6.11. The molecule has 0 aromatic rings. The highest BCUT2D eigenvalue weighted by Gasteiger charge is 2.16. The van der Waals surface area contributed by atoms with Gasteiger partial charge >= 0.3 is 0 Å². The van der Waals surface area contributed by atoms with Gasteiger partial charge in [0.25, 0.3) is 0 Å². The molecular formula is C11H23ClO2. The fourth-order valence-electron chi connectivity index (χ4n) is 1.47. The summed E-state index contributed by atoms with van der Waals surface area (Å²) in [7, 11) is 3.25. The first-order valence-corrected chi connectivity index (χ1v) is 5.89. The van der Waals surface area contributed by atoms with Gasteiger partial charge in [-0.25, -0.2) is 0 Å². The van der Waals surface area contributed by atoms with Crippen molar-refractivity contribution in [3.05, 3.63) is 0 Å². The number of halogens is 1. The molecule has 3 heteroatoms. The molecule has 0 saturated heterocycles. The summed E-state index contributed by atoms with van der Waals surface area (Å²) in [5.41, 5.74) is 0. The zero-order valence-electron chi connectivity index (χ0n) is 9.59. The zero-order valence-corrected chi connectivity index (χ0v) is 10.3. The summed E-state index contributed by atoms with van der Waals surface area (Å²) in [5, 5.41) is -0.0216. The second-order valence-electron chi connectivity index (χ2n) is 3.56. The van der Waals surface area contributed by atoms with Crippen molar-refractivity contribution in [3.8, 4) is 0 Å². The van der Waals surface area contributed by atoms with Gasteiger partial charge in [-0.3, -0.25) is 0 Å². The molecule has 86 valence electrons. The first-order valence-electron chi connectivity index (χ1n) is 5.45. The molecule has 1 atom stereocenters. The molecule has 1 unspecified atom stereocenters. The predicted octanol–water partition coefficient (Wildman–Crippen LogP) is 3.57. The Kier molecular flexibility index (Phi) is 9.90. The smallest absolute Gasteiger partial charge is 0.173 e. The number of ether oxygens (including phenoxy) is 2. The quantitative estimate of drug-likeness (QED) is 0.337. The third kappa shape index (κ3) is 6.63. The standard InChI is InChI=1S/C11H23ClO2/c1-4-5-6-7-8-9-10(12)11(13-2)14-3/h10-11H,4-9H2,1-3H3. The number of methoxy groups -OCH3 is 2. The van der Waals surface area contributed by atoms with Crippen molar-refractivity contribution in [3.63, 3.8) is 0 Å². The van der Waals surface area contributed by atoms with Crippen molar-refractivity contribution in [1.82, 2.24) is 0 Å². The maximum atomic E-state index is 6.11. The lowest BCUT2D eigenvalue weighted by molar-refractivity contribution is -0.104. The van der Waals surface area contributed by atoms with E-state index in [0.29, 0.717) is 0 Å². The van der Waals surface area contributed by atoms with Gasteiger partial charge in [0.05, 0.1) is 5.38 Å². The van der Waals surface area contributed by atoms with Gasteiger partial charge in [0.15, 0.2) is 6.29 Å². The highest BCUT2D eigenvalue weighted by atomic mass is 35.5. The van der Waals surface area contributed by atoms with E-state index in [9.17, 15) is 0 Å². The fraction of sp³-hybridized carbons (Fsp3) is 1.00. The molecule has 0 heterocycles. The Morgan fingerprint density at radius 3 is 2.07 bits per heavy atom. The minimum Gasteiger partial charge on any atom is -0.354 e. The lowest BCUT2D eigenvalue weighted by Gasteiger charge is -2.18. The molecule has 0 fully saturated rings. The van der Waals surface area contributed by atoms with Gasteiger partial charge in [-0.15, -0.1) is 11.6 Å². The molecular weight excluding hydrogens is 200 g/mol. The molecule has 14 heavy (non-hydrogen) atoms. The van der Waals surface area contributed by atoms with Crippen LogP contribution in [0.25, 0.3) is 0 Å². The summed E-state index contributed by atoms with van der Waals surface area (Å²) < 4.78 is 10.2. The summed E-state index contributed by atoms with van der Waals surface area (Å²) in [6.07, 6.45) is 7.05. The van der Waals surface area contributed by atoms with Crippen molar-refractivity contribution in [2.24, 2.45) is 0 Å². The van der Waals surface area contributed by atoms with Crippen LogP contribution >= 0.6 is 11.6 Å². The van der Waals surface area contributed by atoms with Crippen LogP contribution in [0.5, 0.6) is 0 Å². The number of hydrogen-bond donors (Lipinski definition) is 0. The lowest BCUT2D eigenvalue weighted by Crippen LogP contribution is -2.25. The monoisotopic (exact) mass is 222 g/mol. The van der Waals surface area contributed by atoms with E-state index in [0.717, 1.165) is 12.8 Å². The van der Waals surface area contributed by atoms with Gasteiger partial charge in [0.2, 0.25) is 0 Å². The summed E-state index contributed by atoms with van der Waals surface area (Å²) in [4.78, 5) is 0. The topological polar surface area (TPSA) is 18.5 Å². The van der Waals surface area contributed by atoms with Gasteiger partial charge in [-0.2, -0.15) is 0 Å². The van der Waals surface area contributed by atoms with Crippen molar-refractivity contribution in [2.45, 2.75) is 57.1 Å². The number of rotatable bonds is 9. The Hall–Kier alpha value is 0.210. The zero-order chi connectivity index (χ0) is 10.8. The Morgan fingerprint density at radius 2 is 1.57 bits per heavy atom. The number of unbranched alkanes of at least 4 members (excludes halogenated alkanes) is 4. The van der Waals surface area contributed by atoms with Crippen molar-refractivity contribution < 1.29 is 9.47 Å². The van der Waals surface area contributed by atoms with E-state index in [-0.39, 0.29) is 11.7 Å². The predicted molar refractivity (Wildman–Crippen MR) is 60.8 cm³/mol. The largest absolute Gasteiger partial charge is 0.354 e. The summed E-state index contributed by atoms with van der Waals surface area (Å²) in [6.45, 7) is 2.22. The van der Waals surface area contributed by atoms with Gasteiger partial charge < -0.3 is 9.47 Å². The summed E-state index contributed by atoms with van der Waals surface area (Å²) in [5.74, 6) is 0. The first kappa shape index (κ1) is 14.2. The molecule has 0 bridgehead atoms. The minimum atomic E-state index is -0.261. The highest BCUT2D eigenvalue weighted by molar-refractivity contribution is 6.20. The molecule has 2 nitrogen and oxygen atoms in total. The Labute approximate surface area is 92.9 Å². The van der Waals surface area contributed by atoms with Gasteiger partial charge in [-0.1, -0.05) is 39.0 Å². The van der Waals surface area contributed by atoms with Crippen LogP contribution in [0, 0.1) is 0 Å². The molecule has 0 spiro atoms. The fourth-order valence-corrected chi connectivity index (χ4v) is 1.83. The average molecular weight is 223 g/mol. The normalized spacial score (nSPS) is 13.5. The van der Waals surface area contributed by atoms with Crippen LogP contribution in [0.15, 0.2) is 0 Å². The van der Waals surface area contributed by atoms with Crippen molar-refractivity contribution >= 4 is 11.6 Å². The molecule has 0 radical (unpaired) electrons. The lowest BCUT2D eigenvalue weighted by atomic mass is 10.1. The van der Waals surface area contributed by atoms with E-state index in [2.05, 4.69) is 6.92 Å². The second kappa shape index (κ2) is 9.75. The van der Waals surface area contributed by atoms with Crippen LogP contribution < -0.4 is 0 Å². The second-order valence-corrected chi connectivity index (χ2v) is 4.12. The van der Waals surface area contributed by atoms with E-state index >= 15 is 0 Å². The van der Waals surface area contributed by atoms with Crippen LogP contribution in [-0.2, 0) is 9.47 Å². The third-order valence-electron chi connectivity index (χ3n) is 2.34. The van der Waals surface area contributed by atoms with Crippen LogP contribution in [0.2, 0.25) is 0 Å². The molecule has 0 aliphatic rings. The molecule has 0 aliphatic heterocycles. The molecule has 0 saturated carbocycles. The maximum Gasteiger partial charge on any atom is 0.173 e. The van der Waals surface area contributed by atoms with Gasteiger partial charge in [0.1, 0.15) is 0 Å². The van der Waals surface area contributed by atoms with E-state index in [1.165, 1.54) is 25.7 Å². The van der Waals surface area contributed by atoms with E-state index in [1.54, 1.807) is 14.2 Å². The Bertz CT molecular complexity index is 116. The minimum absolute atomic E-state index is 0.0216. The van der Waals surface area contributed by atoms with E-state index in [1.807, 2.05) is 0 Å². The van der Waals surface area contributed by atoms with Crippen molar-refractivity contribution in [2.75, 3.05) is 14.2 Å². The van der Waals surface area contributed by atoms with Crippen LogP contribution in [0.4, 0.5) is 0 Å². The molecule has 0 aromatic carbocycles. The SMILES string of the molecule is CCCCCCCC(Cl)C(OC)OC. The van der Waals surface area contributed by atoms with Crippen LogP contribution in [-0.4, -0.2) is 25.9 Å². The first-order chi connectivity index (χ1) is 6.76.